The van der Waals surface area contributed by atoms with Gasteiger partial charge in [-0.2, -0.15) is 0 Å². The zero-order valence-electron chi connectivity index (χ0n) is 10.7. The number of carboxylic acids is 1. The van der Waals surface area contributed by atoms with Crippen LogP contribution in [0.1, 0.15) is 31.2 Å². The fourth-order valence-electron chi connectivity index (χ4n) is 2.32. The van der Waals surface area contributed by atoms with Gasteiger partial charge in [0.15, 0.2) is 0 Å². The lowest BCUT2D eigenvalue weighted by atomic mass is 10.00. The summed E-state index contributed by atoms with van der Waals surface area (Å²) in [5.74, 6) is -1.73. The monoisotopic (exact) mass is 264 g/mol. The largest absolute Gasteiger partial charge is 0.481 e. The third kappa shape index (κ3) is 2.67. The fraction of sp³-hybridized carbons (Fsp3) is 0.462. The van der Waals surface area contributed by atoms with Crippen molar-refractivity contribution < 1.29 is 14.8 Å². The Hall–Kier alpha value is -2.11. The number of carbonyl (C=O) groups is 1. The Kier molecular flexibility index (Phi) is 3.69. The van der Waals surface area contributed by atoms with E-state index in [1.54, 1.807) is 12.1 Å². The topological polar surface area (TPSA) is 83.7 Å². The van der Waals surface area contributed by atoms with E-state index < -0.39 is 16.8 Å². The molecule has 1 aromatic rings. The molecule has 1 fully saturated rings. The molecule has 1 heterocycles. The number of rotatable bonds is 4. The van der Waals surface area contributed by atoms with E-state index in [4.69, 9.17) is 5.11 Å². The molecule has 0 aromatic heterocycles. The average Bonchev–Trinajstić information content (AvgIpc) is 2.90. The second-order valence-electron chi connectivity index (χ2n) is 4.76. The first kappa shape index (κ1) is 13.3. The van der Waals surface area contributed by atoms with E-state index in [2.05, 4.69) is 0 Å². The lowest BCUT2D eigenvalue weighted by molar-refractivity contribution is -0.384. The molecule has 0 saturated carbocycles. The van der Waals surface area contributed by atoms with E-state index in [0.717, 1.165) is 25.9 Å². The Morgan fingerprint density at radius 1 is 1.42 bits per heavy atom. The Bertz CT molecular complexity index is 509. The molecule has 1 atom stereocenters. The summed E-state index contributed by atoms with van der Waals surface area (Å²) in [7, 11) is 0. The number of hydrogen-bond acceptors (Lipinski definition) is 4. The molecule has 0 radical (unpaired) electrons. The highest BCUT2D eigenvalue weighted by atomic mass is 16.6. The number of benzene rings is 1. The van der Waals surface area contributed by atoms with Gasteiger partial charge in [0.25, 0.3) is 5.69 Å². The van der Waals surface area contributed by atoms with Crippen molar-refractivity contribution in [1.82, 2.24) is 0 Å². The van der Waals surface area contributed by atoms with Crippen LogP contribution in [0.5, 0.6) is 0 Å². The van der Waals surface area contributed by atoms with Crippen molar-refractivity contribution in [2.75, 3.05) is 18.0 Å². The lowest BCUT2D eigenvalue weighted by Gasteiger charge is -2.18. The molecule has 102 valence electrons. The predicted molar refractivity (Wildman–Crippen MR) is 70.6 cm³/mol. The van der Waals surface area contributed by atoms with E-state index in [1.807, 2.05) is 4.90 Å². The first-order valence-corrected chi connectivity index (χ1v) is 6.27. The van der Waals surface area contributed by atoms with Gasteiger partial charge in [0.2, 0.25) is 0 Å². The summed E-state index contributed by atoms with van der Waals surface area (Å²) in [4.78, 5) is 23.6. The van der Waals surface area contributed by atoms with Crippen LogP contribution in [0.4, 0.5) is 11.4 Å². The van der Waals surface area contributed by atoms with Gasteiger partial charge in [0, 0.05) is 19.2 Å². The van der Waals surface area contributed by atoms with Crippen molar-refractivity contribution >= 4 is 17.3 Å². The molecule has 1 aromatic carbocycles. The summed E-state index contributed by atoms with van der Waals surface area (Å²) < 4.78 is 0. The SMILES string of the molecule is CC(C(=O)O)c1ccc(N2CCCC2)c([N+](=O)[O-])c1. The van der Waals surface area contributed by atoms with Gasteiger partial charge in [-0.15, -0.1) is 0 Å². The smallest absolute Gasteiger partial charge is 0.310 e. The molecule has 6 nitrogen and oxygen atoms in total. The van der Waals surface area contributed by atoms with Gasteiger partial charge in [-0.25, -0.2) is 0 Å². The standard InChI is InChI=1S/C13H16N2O4/c1-9(13(16)17)10-4-5-11(12(8-10)15(18)19)14-6-2-3-7-14/h4-5,8-9H,2-3,6-7H2,1H3,(H,16,17). The van der Waals surface area contributed by atoms with Gasteiger partial charge in [-0.05, 0) is 31.4 Å². The lowest BCUT2D eigenvalue weighted by Crippen LogP contribution is -2.19. The van der Waals surface area contributed by atoms with E-state index in [0.29, 0.717) is 11.3 Å². The van der Waals surface area contributed by atoms with Gasteiger partial charge in [-0.3, -0.25) is 14.9 Å². The van der Waals surface area contributed by atoms with Gasteiger partial charge in [-0.1, -0.05) is 6.07 Å². The number of anilines is 1. The molecule has 2 rings (SSSR count). The summed E-state index contributed by atoms with van der Waals surface area (Å²) in [6.07, 6.45) is 2.06. The molecule has 1 unspecified atom stereocenters. The minimum atomic E-state index is -0.983. The molecule has 19 heavy (non-hydrogen) atoms. The Labute approximate surface area is 110 Å². The van der Waals surface area contributed by atoms with Crippen molar-refractivity contribution in [2.24, 2.45) is 0 Å². The quantitative estimate of drug-likeness (QED) is 0.666. The molecule has 0 spiro atoms. The summed E-state index contributed by atoms with van der Waals surface area (Å²) >= 11 is 0. The molecular formula is C13H16N2O4. The molecule has 0 amide bonds. The first-order valence-electron chi connectivity index (χ1n) is 6.27. The van der Waals surface area contributed by atoms with Crippen LogP contribution < -0.4 is 4.90 Å². The Morgan fingerprint density at radius 3 is 2.58 bits per heavy atom. The van der Waals surface area contributed by atoms with Gasteiger partial charge >= 0.3 is 5.97 Å². The second kappa shape index (κ2) is 5.26. The van der Waals surface area contributed by atoms with Crippen LogP contribution in [0.25, 0.3) is 0 Å². The van der Waals surface area contributed by atoms with Crippen LogP contribution in [0.15, 0.2) is 18.2 Å². The highest BCUT2D eigenvalue weighted by molar-refractivity contribution is 5.77. The minimum Gasteiger partial charge on any atom is -0.481 e. The van der Waals surface area contributed by atoms with Crippen LogP contribution in [0, 0.1) is 10.1 Å². The third-order valence-electron chi connectivity index (χ3n) is 3.51. The molecule has 1 aliphatic rings. The average molecular weight is 264 g/mol. The number of nitro groups is 1. The van der Waals surface area contributed by atoms with Crippen molar-refractivity contribution in [3.05, 3.63) is 33.9 Å². The van der Waals surface area contributed by atoms with Crippen molar-refractivity contribution in [3.63, 3.8) is 0 Å². The van der Waals surface area contributed by atoms with E-state index >= 15 is 0 Å². The normalized spacial score (nSPS) is 16.4. The van der Waals surface area contributed by atoms with Gasteiger partial charge in [0.1, 0.15) is 5.69 Å². The second-order valence-corrected chi connectivity index (χ2v) is 4.76. The van der Waals surface area contributed by atoms with Crippen LogP contribution >= 0.6 is 0 Å². The maximum Gasteiger partial charge on any atom is 0.310 e. The molecule has 1 aliphatic heterocycles. The summed E-state index contributed by atoms with van der Waals surface area (Å²) in [5, 5.41) is 20.1. The van der Waals surface area contributed by atoms with Gasteiger partial charge in [0.05, 0.1) is 10.8 Å². The predicted octanol–water partition coefficient (Wildman–Crippen LogP) is 2.38. The van der Waals surface area contributed by atoms with Crippen LogP contribution in [-0.2, 0) is 4.79 Å². The first-order chi connectivity index (χ1) is 9.00. The summed E-state index contributed by atoms with van der Waals surface area (Å²) in [6.45, 7) is 3.15. The van der Waals surface area contributed by atoms with Crippen molar-refractivity contribution in [2.45, 2.75) is 25.7 Å². The highest BCUT2D eigenvalue weighted by Gasteiger charge is 2.24. The zero-order chi connectivity index (χ0) is 14.0. The number of aliphatic carboxylic acids is 1. The molecule has 1 saturated heterocycles. The molecular weight excluding hydrogens is 248 g/mol. The van der Waals surface area contributed by atoms with Crippen LogP contribution in [-0.4, -0.2) is 29.1 Å². The maximum absolute atomic E-state index is 11.2. The van der Waals surface area contributed by atoms with E-state index in [9.17, 15) is 14.9 Å². The third-order valence-corrected chi connectivity index (χ3v) is 3.51. The summed E-state index contributed by atoms with van der Waals surface area (Å²) in [6, 6.07) is 4.71. The zero-order valence-corrected chi connectivity index (χ0v) is 10.7. The van der Waals surface area contributed by atoms with Crippen molar-refractivity contribution in [3.8, 4) is 0 Å². The molecule has 1 N–H and O–H groups in total. The van der Waals surface area contributed by atoms with E-state index in [-0.39, 0.29) is 5.69 Å². The number of carboxylic acid groups (broad SMARTS) is 1. The fourth-order valence-corrected chi connectivity index (χ4v) is 2.32. The van der Waals surface area contributed by atoms with Crippen LogP contribution in [0.3, 0.4) is 0 Å². The van der Waals surface area contributed by atoms with Crippen molar-refractivity contribution in [1.29, 1.82) is 0 Å². The Balaban J connectivity index is 2.40. The summed E-state index contributed by atoms with van der Waals surface area (Å²) in [5.41, 5.74) is 1.04. The highest BCUT2D eigenvalue weighted by Crippen LogP contribution is 2.33. The minimum absolute atomic E-state index is 0.00694. The molecule has 6 heteroatoms. The Morgan fingerprint density at radius 2 is 2.05 bits per heavy atom. The molecule has 0 bridgehead atoms. The van der Waals surface area contributed by atoms with Gasteiger partial charge < -0.3 is 10.0 Å². The molecule has 0 aliphatic carbocycles. The van der Waals surface area contributed by atoms with Crippen LogP contribution in [0.2, 0.25) is 0 Å². The number of hydrogen-bond donors (Lipinski definition) is 1. The number of nitrogens with zero attached hydrogens (tertiary/aromatic N) is 2. The number of nitro benzene ring substituents is 1. The maximum atomic E-state index is 11.2. The van der Waals surface area contributed by atoms with E-state index in [1.165, 1.54) is 13.0 Å².